The average molecular weight is 317 g/mol. The molecule has 0 unspecified atom stereocenters. The standard InChI is InChI=1S/C14H18Cl2N2O2/c1-3-17-13(19)9-18(4-2)14(20)7-10-5-6-11(15)8-12(10)16/h5-6,8H,3-4,7,9H2,1-2H3,(H,17,19). The third-order valence-electron chi connectivity index (χ3n) is 2.80. The molecule has 0 saturated heterocycles. The summed E-state index contributed by atoms with van der Waals surface area (Å²) in [4.78, 5) is 25.2. The number of hydrogen-bond acceptors (Lipinski definition) is 2. The molecule has 0 heterocycles. The Morgan fingerprint density at radius 2 is 1.95 bits per heavy atom. The fourth-order valence-electron chi connectivity index (χ4n) is 1.74. The van der Waals surface area contributed by atoms with Gasteiger partial charge in [-0.25, -0.2) is 0 Å². The van der Waals surface area contributed by atoms with Crippen molar-refractivity contribution in [3.05, 3.63) is 33.8 Å². The number of hydrogen-bond donors (Lipinski definition) is 1. The second kappa shape index (κ2) is 8.12. The molecule has 2 amide bonds. The van der Waals surface area contributed by atoms with Crippen molar-refractivity contribution in [2.24, 2.45) is 0 Å². The average Bonchev–Trinajstić information content (AvgIpc) is 2.39. The first kappa shape index (κ1) is 16.8. The molecule has 0 aliphatic rings. The van der Waals surface area contributed by atoms with Gasteiger partial charge in [-0.3, -0.25) is 9.59 Å². The zero-order valence-corrected chi connectivity index (χ0v) is 13.1. The predicted molar refractivity (Wildman–Crippen MR) is 81.1 cm³/mol. The van der Waals surface area contributed by atoms with Crippen molar-refractivity contribution in [3.63, 3.8) is 0 Å². The Morgan fingerprint density at radius 1 is 1.25 bits per heavy atom. The van der Waals surface area contributed by atoms with E-state index in [0.717, 1.165) is 0 Å². The van der Waals surface area contributed by atoms with E-state index in [2.05, 4.69) is 5.32 Å². The Morgan fingerprint density at radius 3 is 2.50 bits per heavy atom. The Balaban J connectivity index is 2.69. The molecule has 0 radical (unpaired) electrons. The third kappa shape index (κ3) is 5.02. The summed E-state index contributed by atoms with van der Waals surface area (Å²) in [5.74, 6) is -0.298. The van der Waals surface area contributed by atoms with Crippen molar-refractivity contribution in [2.75, 3.05) is 19.6 Å². The number of rotatable bonds is 6. The summed E-state index contributed by atoms with van der Waals surface area (Å²) >= 11 is 11.9. The van der Waals surface area contributed by atoms with Gasteiger partial charge in [-0.2, -0.15) is 0 Å². The molecule has 6 heteroatoms. The summed E-state index contributed by atoms with van der Waals surface area (Å²) in [6.07, 6.45) is 0.156. The van der Waals surface area contributed by atoms with Crippen LogP contribution >= 0.6 is 23.2 Å². The molecule has 0 saturated carbocycles. The van der Waals surface area contributed by atoms with Crippen LogP contribution in [-0.4, -0.2) is 36.3 Å². The number of carbonyl (C=O) groups excluding carboxylic acids is 2. The van der Waals surface area contributed by atoms with Crippen LogP contribution in [0.4, 0.5) is 0 Å². The van der Waals surface area contributed by atoms with E-state index in [1.165, 1.54) is 4.90 Å². The van der Waals surface area contributed by atoms with E-state index in [1.807, 2.05) is 13.8 Å². The molecule has 20 heavy (non-hydrogen) atoms. The normalized spacial score (nSPS) is 10.2. The highest BCUT2D eigenvalue weighted by Crippen LogP contribution is 2.21. The lowest BCUT2D eigenvalue weighted by Crippen LogP contribution is -2.41. The van der Waals surface area contributed by atoms with Crippen LogP contribution in [0.15, 0.2) is 18.2 Å². The molecule has 1 N–H and O–H groups in total. The first-order valence-corrected chi connectivity index (χ1v) is 7.21. The monoisotopic (exact) mass is 316 g/mol. The highest BCUT2D eigenvalue weighted by molar-refractivity contribution is 6.35. The molecule has 4 nitrogen and oxygen atoms in total. The molecular formula is C14H18Cl2N2O2. The van der Waals surface area contributed by atoms with Crippen LogP contribution in [0, 0.1) is 0 Å². The second-order valence-corrected chi connectivity index (χ2v) is 5.12. The maximum Gasteiger partial charge on any atom is 0.239 e. The van der Waals surface area contributed by atoms with Gasteiger partial charge in [-0.1, -0.05) is 29.3 Å². The van der Waals surface area contributed by atoms with E-state index < -0.39 is 0 Å². The van der Waals surface area contributed by atoms with Gasteiger partial charge in [-0.15, -0.1) is 0 Å². The lowest BCUT2D eigenvalue weighted by molar-refractivity contribution is -0.135. The van der Waals surface area contributed by atoms with Gasteiger partial charge in [0, 0.05) is 23.1 Å². The summed E-state index contributed by atoms with van der Waals surface area (Å²) in [7, 11) is 0. The summed E-state index contributed by atoms with van der Waals surface area (Å²) in [6.45, 7) is 4.76. The Hall–Kier alpha value is -1.26. The first-order valence-electron chi connectivity index (χ1n) is 6.46. The van der Waals surface area contributed by atoms with Crippen LogP contribution in [0.2, 0.25) is 10.0 Å². The van der Waals surface area contributed by atoms with Gasteiger partial charge < -0.3 is 10.2 Å². The summed E-state index contributed by atoms with van der Waals surface area (Å²) in [5.41, 5.74) is 0.704. The van der Waals surface area contributed by atoms with Crippen molar-refractivity contribution in [1.29, 1.82) is 0 Å². The molecule has 0 atom stereocenters. The summed E-state index contributed by atoms with van der Waals surface area (Å²) < 4.78 is 0. The molecule has 1 aromatic carbocycles. The molecule has 0 aliphatic heterocycles. The number of likely N-dealkylation sites (N-methyl/N-ethyl adjacent to an activating group) is 2. The smallest absolute Gasteiger partial charge is 0.239 e. The lowest BCUT2D eigenvalue weighted by atomic mass is 10.1. The molecular weight excluding hydrogens is 299 g/mol. The van der Waals surface area contributed by atoms with E-state index in [1.54, 1.807) is 18.2 Å². The molecule has 1 aromatic rings. The van der Waals surface area contributed by atoms with E-state index in [0.29, 0.717) is 28.7 Å². The SMILES string of the molecule is CCNC(=O)CN(CC)C(=O)Cc1ccc(Cl)cc1Cl. The fraction of sp³-hybridized carbons (Fsp3) is 0.429. The number of nitrogens with zero attached hydrogens (tertiary/aromatic N) is 1. The van der Waals surface area contributed by atoms with Crippen LogP contribution in [0.25, 0.3) is 0 Å². The molecule has 1 rings (SSSR count). The minimum Gasteiger partial charge on any atom is -0.355 e. The molecule has 0 spiro atoms. The number of amides is 2. The van der Waals surface area contributed by atoms with E-state index in [9.17, 15) is 9.59 Å². The Kier molecular flexibility index (Phi) is 6.82. The summed E-state index contributed by atoms with van der Waals surface area (Å²) in [6, 6.07) is 5.02. The number of benzene rings is 1. The van der Waals surface area contributed by atoms with Crippen LogP contribution in [0.3, 0.4) is 0 Å². The minimum atomic E-state index is -0.162. The highest BCUT2D eigenvalue weighted by Gasteiger charge is 2.16. The summed E-state index contributed by atoms with van der Waals surface area (Å²) in [5, 5.41) is 3.66. The lowest BCUT2D eigenvalue weighted by Gasteiger charge is -2.20. The van der Waals surface area contributed by atoms with Crippen LogP contribution < -0.4 is 5.32 Å². The zero-order chi connectivity index (χ0) is 15.1. The maximum absolute atomic E-state index is 12.2. The van der Waals surface area contributed by atoms with Crippen LogP contribution in [0.1, 0.15) is 19.4 Å². The predicted octanol–water partition coefficient (Wildman–Crippen LogP) is 2.52. The number of carbonyl (C=O) groups is 2. The van der Waals surface area contributed by atoms with E-state index in [-0.39, 0.29) is 24.8 Å². The van der Waals surface area contributed by atoms with Gasteiger partial charge in [0.25, 0.3) is 0 Å². The first-order chi connectivity index (χ1) is 9.47. The molecule has 0 aliphatic carbocycles. The topological polar surface area (TPSA) is 49.4 Å². The molecule has 110 valence electrons. The van der Waals surface area contributed by atoms with Crippen molar-refractivity contribution in [2.45, 2.75) is 20.3 Å². The second-order valence-electron chi connectivity index (χ2n) is 4.27. The zero-order valence-electron chi connectivity index (χ0n) is 11.6. The number of halogens is 2. The Labute approximate surface area is 129 Å². The Bertz CT molecular complexity index is 492. The van der Waals surface area contributed by atoms with Crippen molar-refractivity contribution in [3.8, 4) is 0 Å². The third-order valence-corrected chi connectivity index (χ3v) is 3.39. The van der Waals surface area contributed by atoms with Gasteiger partial charge in [-0.05, 0) is 31.5 Å². The highest BCUT2D eigenvalue weighted by atomic mass is 35.5. The molecule has 0 fully saturated rings. The minimum absolute atomic E-state index is 0.0639. The van der Waals surface area contributed by atoms with Crippen LogP contribution in [0.5, 0.6) is 0 Å². The van der Waals surface area contributed by atoms with Gasteiger partial charge >= 0.3 is 0 Å². The van der Waals surface area contributed by atoms with E-state index in [4.69, 9.17) is 23.2 Å². The molecule has 0 aromatic heterocycles. The van der Waals surface area contributed by atoms with Gasteiger partial charge in [0.2, 0.25) is 11.8 Å². The van der Waals surface area contributed by atoms with E-state index >= 15 is 0 Å². The molecule has 0 bridgehead atoms. The maximum atomic E-state index is 12.2. The van der Waals surface area contributed by atoms with Crippen LogP contribution in [-0.2, 0) is 16.0 Å². The van der Waals surface area contributed by atoms with Gasteiger partial charge in [0.1, 0.15) is 0 Å². The van der Waals surface area contributed by atoms with Gasteiger partial charge in [0.15, 0.2) is 0 Å². The van der Waals surface area contributed by atoms with Crippen molar-refractivity contribution in [1.82, 2.24) is 10.2 Å². The van der Waals surface area contributed by atoms with Crippen molar-refractivity contribution < 1.29 is 9.59 Å². The number of nitrogens with one attached hydrogen (secondary N) is 1. The largest absolute Gasteiger partial charge is 0.355 e. The fourth-order valence-corrected chi connectivity index (χ4v) is 2.22. The van der Waals surface area contributed by atoms with Gasteiger partial charge in [0.05, 0.1) is 13.0 Å². The van der Waals surface area contributed by atoms with Crippen molar-refractivity contribution >= 4 is 35.0 Å². The quantitative estimate of drug-likeness (QED) is 0.876.